The highest BCUT2D eigenvalue weighted by atomic mass is 16.6. The fourth-order valence-electron chi connectivity index (χ4n) is 3.99. The largest absolute Gasteiger partial charge is 0.389 e. The van der Waals surface area contributed by atoms with Crippen molar-refractivity contribution in [2.24, 2.45) is 17.3 Å². The summed E-state index contributed by atoms with van der Waals surface area (Å²) < 4.78 is 9.47. The van der Waals surface area contributed by atoms with Crippen molar-refractivity contribution in [3.05, 3.63) is 22.8 Å². The topological polar surface area (TPSA) is 107 Å². The molecule has 1 aliphatic carbocycles. The minimum absolute atomic E-state index is 0.0484. The summed E-state index contributed by atoms with van der Waals surface area (Å²) in [6.07, 6.45) is 1.36. The van der Waals surface area contributed by atoms with Crippen molar-refractivity contribution < 1.29 is 33.8 Å². The van der Waals surface area contributed by atoms with Crippen molar-refractivity contribution in [3.63, 3.8) is 0 Å². The highest BCUT2D eigenvalue weighted by Crippen LogP contribution is 2.47. The van der Waals surface area contributed by atoms with E-state index in [1.807, 2.05) is 13.8 Å². The molecule has 134 valence electrons. The molecule has 0 bridgehead atoms. The van der Waals surface area contributed by atoms with Crippen LogP contribution in [-0.2, 0) is 28.7 Å². The number of ether oxygens (including phenoxy) is 2. The molecule has 7 heteroatoms. The van der Waals surface area contributed by atoms with Crippen LogP contribution in [0.3, 0.4) is 0 Å². The van der Waals surface area contributed by atoms with Crippen molar-refractivity contribution in [1.82, 2.24) is 0 Å². The van der Waals surface area contributed by atoms with Crippen LogP contribution in [-0.4, -0.2) is 35.1 Å². The maximum Gasteiger partial charge on any atom is 0.345 e. The van der Waals surface area contributed by atoms with E-state index in [0.717, 1.165) is 0 Å². The molecule has 0 aromatic heterocycles. The maximum absolute atomic E-state index is 12.3. The number of cyclic esters (lactones) is 4. The van der Waals surface area contributed by atoms with Crippen molar-refractivity contribution in [1.29, 1.82) is 0 Å². The van der Waals surface area contributed by atoms with Crippen LogP contribution in [0.1, 0.15) is 40.0 Å². The van der Waals surface area contributed by atoms with Crippen LogP contribution in [0, 0.1) is 17.3 Å². The summed E-state index contributed by atoms with van der Waals surface area (Å²) in [5, 5.41) is 10.8. The first-order valence-corrected chi connectivity index (χ1v) is 8.41. The van der Waals surface area contributed by atoms with Crippen LogP contribution in [0.25, 0.3) is 0 Å². The number of carbonyl (C=O) groups is 4. The molecule has 2 aliphatic heterocycles. The molecule has 1 saturated heterocycles. The number of esters is 4. The molecule has 0 radical (unpaired) electrons. The minimum Gasteiger partial charge on any atom is -0.389 e. The van der Waals surface area contributed by atoms with Gasteiger partial charge in [0.25, 0.3) is 0 Å². The van der Waals surface area contributed by atoms with Gasteiger partial charge in [-0.15, -0.1) is 0 Å². The summed E-state index contributed by atoms with van der Waals surface area (Å²) >= 11 is 0. The molecule has 2 heterocycles. The van der Waals surface area contributed by atoms with Gasteiger partial charge in [0.2, 0.25) is 0 Å². The number of allylic oxidation sites excluding steroid dienone is 1. The second-order valence-corrected chi connectivity index (χ2v) is 6.92. The zero-order valence-corrected chi connectivity index (χ0v) is 14.3. The van der Waals surface area contributed by atoms with Crippen molar-refractivity contribution in [2.45, 2.75) is 46.1 Å². The first-order chi connectivity index (χ1) is 11.7. The van der Waals surface area contributed by atoms with E-state index in [1.165, 1.54) is 6.92 Å². The minimum atomic E-state index is -1.38. The molecule has 0 spiro atoms. The SMILES string of the molecule is CCC1/C=C2/C(=O)OC(=O)C2(C)CC2=C(C(=O)OC2=O)C(O)C1CC. The van der Waals surface area contributed by atoms with Crippen molar-refractivity contribution in [2.75, 3.05) is 0 Å². The maximum atomic E-state index is 12.3. The van der Waals surface area contributed by atoms with Crippen LogP contribution in [0.15, 0.2) is 22.8 Å². The van der Waals surface area contributed by atoms with E-state index in [-0.39, 0.29) is 29.1 Å². The van der Waals surface area contributed by atoms with Gasteiger partial charge in [0, 0.05) is 6.42 Å². The number of hydrogen-bond acceptors (Lipinski definition) is 7. The van der Waals surface area contributed by atoms with Gasteiger partial charge in [-0.2, -0.15) is 0 Å². The molecular formula is C18H20O7. The monoisotopic (exact) mass is 348 g/mol. The molecule has 1 fully saturated rings. The molecule has 0 aromatic carbocycles. The summed E-state index contributed by atoms with van der Waals surface area (Å²) in [6.45, 7) is 5.26. The van der Waals surface area contributed by atoms with Crippen molar-refractivity contribution in [3.8, 4) is 0 Å². The first kappa shape index (κ1) is 17.5. The Morgan fingerprint density at radius 3 is 2.36 bits per heavy atom. The Labute approximate surface area is 144 Å². The summed E-state index contributed by atoms with van der Waals surface area (Å²) in [5.41, 5.74) is -1.35. The summed E-state index contributed by atoms with van der Waals surface area (Å²) in [4.78, 5) is 48.8. The van der Waals surface area contributed by atoms with Crippen LogP contribution < -0.4 is 0 Å². The van der Waals surface area contributed by atoms with E-state index in [4.69, 9.17) is 4.74 Å². The van der Waals surface area contributed by atoms with Crippen LogP contribution in [0.5, 0.6) is 0 Å². The van der Waals surface area contributed by atoms with Gasteiger partial charge in [-0.3, -0.25) is 4.79 Å². The Bertz CT molecular complexity index is 745. The van der Waals surface area contributed by atoms with Gasteiger partial charge in [-0.25, -0.2) is 14.4 Å². The zero-order chi connectivity index (χ0) is 18.5. The lowest BCUT2D eigenvalue weighted by Gasteiger charge is -2.27. The molecule has 0 amide bonds. The van der Waals surface area contributed by atoms with Gasteiger partial charge in [-0.1, -0.05) is 19.9 Å². The van der Waals surface area contributed by atoms with Gasteiger partial charge in [0.1, 0.15) is 5.41 Å². The highest BCUT2D eigenvalue weighted by Gasteiger charge is 2.54. The van der Waals surface area contributed by atoms with E-state index in [1.54, 1.807) is 6.08 Å². The number of aliphatic hydroxyl groups is 1. The Morgan fingerprint density at radius 2 is 1.76 bits per heavy atom. The molecule has 3 aliphatic rings. The highest BCUT2D eigenvalue weighted by molar-refractivity contribution is 6.15. The third-order valence-electron chi connectivity index (χ3n) is 5.53. The predicted octanol–water partition coefficient (Wildman–Crippen LogP) is 1.20. The average Bonchev–Trinajstić information content (AvgIpc) is 2.94. The fourth-order valence-corrected chi connectivity index (χ4v) is 3.99. The quantitative estimate of drug-likeness (QED) is 0.590. The van der Waals surface area contributed by atoms with Gasteiger partial charge in [0.15, 0.2) is 0 Å². The van der Waals surface area contributed by atoms with E-state index in [9.17, 15) is 24.3 Å². The van der Waals surface area contributed by atoms with Gasteiger partial charge >= 0.3 is 23.9 Å². The summed E-state index contributed by atoms with van der Waals surface area (Å²) in [7, 11) is 0. The molecule has 25 heavy (non-hydrogen) atoms. The molecular weight excluding hydrogens is 328 g/mol. The predicted molar refractivity (Wildman–Crippen MR) is 83.6 cm³/mol. The second kappa shape index (κ2) is 5.91. The molecule has 0 aromatic rings. The lowest BCUT2D eigenvalue weighted by molar-refractivity contribution is -0.154. The van der Waals surface area contributed by atoms with E-state index >= 15 is 0 Å². The number of hydrogen-bond donors (Lipinski definition) is 1. The van der Waals surface area contributed by atoms with Crippen LogP contribution in [0.4, 0.5) is 0 Å². The molecule has 3 rings (SSSR count). The molecule has 1 N–H and O–H groups in total. The molecule has 7 nitrogen and oxygen atoms in total. The van der Waals surface area contributed by atoms with E-state index in [2.05, 4.69) is 4.74 Å². The van der Waals surface area contributed by atoms with Crippen molar-refractivity contribution >= 4 is 23.9 Å². The van der Waals surface area contributed by atoms with E-state index in [0.29, 0.717) is 12.8 Å². The van der Waals surface area contributed by atoms with Crippen LogP contribution >= 0.6 is 0 Å². The van der Waals surface area contributed by atoms with Gasteiger partial charge < -0.3 is 14.6 Å². The number of rotatable bonds is 2. The fraction of sp³-hybridized carbons (Fsp3) is 0.556. The van der Waals surface area contributed by atoms with E-state index < -0.39 is 41.3 Å². The van der Waals surface area contributed by atoms with Crippen LogP contribution in [0.2, 0.25) is 0 Å². The smallest absolute Gasteiger partial charge is 0.345 e. The lowest BCUT2D eigenvalue weighted by Crippen LogP contribution is -2.31. The number of aliphatic hydroxyl groups excluding tert-OH is 1. The van der Waals surface area contributed by atoms with Gasteiger partial charge in [0.05, 0.1) is 22.8 Å². The standard InChI is InChI=1S/C18H20O7/c1-4-8-6-11-15(21)25-17(23)18(11,3)7-10-12(13(19)9(8)5-2)16(22)24-14(10)20/h6,8-9,13,19H,4-5,7H2,1-3H3/b11-6-. The normalized spacial score (nSPS) is 37.4. The summed E-state index contributed by atoms with van der Waals surface area (Å²) in [6, 6.07) is 0. The summed E-state index contributed by atoms with van der Waals surface area (Å²) in [5.74, 6) is -3.92. The molecule has 4 atom stereocenters. The van der Waals surface area contributed by atoms with Gasteiger partial charge in [-0.05, 0) is 31.6 Å². The Morgan fingerprint density at radius 1 is 1.08 bits per heavy atom. The lowest BCUT2D eigenvalue weighted by atomic mass is 9.76. The third-order valence-corrected chi connectivity index (χ3v) is 5.53. The number of fused-ring (bicyclic) bond motifs is 1. The molecule has 0 saturated carbocycles. The molecule has 4 unspecified atom stereocenters. The average molecular weight is 348 g/mol. The third kappa shape index (κ3) is 2.45. The Kier molecular flexibility index (Phi) is 4.15. The Balaban J connectivity index is 2.26. The number of carbonyl (C=O) groups excluding carboxylic acids is 4. The Hall–Kier alpha value is -2.28. The second-order valence-electron chi connectivity index (χ2n) is 6.92. The zero-order valence-electron chi connectivity index (χ0n) is 14.3. The first-order valence-electron chi connectivity index (χ1n) is 8.41.